The second kappa shape index (κ2) is 7.06. The molecule has 0 aromatic heterocycles. The van der Waals surface area contributed by atoms with Gasteiger partial charge in [0.15, 0.2) is 0 Å². The van der Waals surface area contributed by atoms with E-state index in [0.29, 0.717) is 24.3 Å². The Morgan fingerprint density at radius 3 is 2.82 bits per heavy atom. The molecule has 22 heavy (non-hydrogen) atoms. The van der Waals surface area contributed by atoms with E-state index in [1.807, 2.05) is 6.92 Å². The minimum atomic E-state index is -0.458. The molecule has 1 aliphatic rings. The van der Waals surface area contributed by atoms with Gasteiger partial charge in [-0.2, -0.15) is 0 Å². The summed E-state index contributed by atoms with van der Waals surface area (Å²) in [5, 5.41) is 2.82. The van der Waals surface area contributed by atoms with Gasteiger partial charge in [-0.3, -0.25) is 14.4 Å². The number of nitrogens with two attached hydrogens (primary N) is 1. The van der Waals surface area contributed by atoms with Crippen molar-refractivity contribution < 1.29 is 14.4 Å². The van der Waals surface area contributed by atoms with Gasteiger partial charge in [-0.15, -0.1) is 0 Å². The highest BCUT2D eigenvalue weighted by atomic mass is 16.2. The third-order valence-electron chi connectivity index (χ3n) is 3.73. The van der Waals surface area contributed by atoms with Crippen molar-refractivity contribution in [3.05, 3.63) is 24.3 Å². The average molecular weight is 303 g/mol. The molecule has 118 valence electrons. The molecule has 1 atom stereocenters. The Kier molecular flexibility index (Phi) is 5.14. The van der Waals surface area contributed by atoms with Gasteiger partial charge in [0.2, 0.25) is 17.7 Å². The highest BCUT2D eigenvalue weighted by Crippen LogP contribution is 2.27. The zero-order chi connectivity index (χ0) is 16.1. The molecular formula is C16H21N3O3. The van der Waals surface area contributed by atoms with Crippen molar-refractivity contribution in [2.75, 3.05) is 16.8 Å². The summed E-state index contributed by atoms with van der Waals surface area (Å²) in [5.41, 5.74) is 6.58. The van der Waals surface area contributed by atoms with Gasteiger partial charge in [-0.25, -0.2) is 0 Å². The minimum absolute atomic E-state index is 0.0400. The standard InChI is InChI=1S/C16H21N3O3/c1-2-3-7-14(20)18-12-5-4-6-13(9-12)19-10-11(16(17)22)8-15(19)21/h4-6,9,11H,2-3,7-8,10H2,1H3,(H2,17,22)(H,18,20). The van der Waals surface area contributed by atoms with Gasteiger partial charge in [0, 0.05) is 30.8 Å². The Morgan fingerprint density at radius 1 is 1.41 bits per heavy atom. The first kappa shape index (κ1) is 16.0. The Balaban J connectivity index is 2.07. The Hall–Kier alpha value is -2.37. The van der Waals surface area contributed by atoms with Gasteiger partial charge in [0.1, 0.15) is 0 Å². The van der Waals surface area contributed by atoms with Gasteiger partial charge in [-0.1, -0.05) is 19.4 Å². The first-order chi connectivity index (χ1) is 10.5. The van der Waals surface area contributed by atoms with Crippen LogP contribution in [0.25, 0.3) is 0 Å². The topological polar surface area (TPSA) is 92.5 Å². The maximum Gasteiger partial charge on any atom is 0.227 e. The molecule has 0 radical (unpaired) electrons. The molecule has 1 aromatic carbocycles. The molecule has 6 heteroatoms. The first-order valence-corrected chi connectivity index (χ1v) is 7.51. The minimum Gasteiger partial charge on any atom is -0.369 e. The van der Waals surface area contributed by atoms with E-state index in [9.17, 15) is 14.4 Å². The third kappa shape index (κ3) is 3.84. The number of nitrogens with zero attached hydrogens (tertiary/aromatic N) is 1. The highest BCUT2D eigenvalue weighted by molar-refractivity contribution is 6.00. The average Bonchev–Trinajstić information content (AvgIpc) is 2.87. The van der Waals surface area contributed by atoms with Gasteiger partial charge < -0.3 is 16.0 Å². The zero-order valence-electron chi connectivity index (χ0n) is 12.7. The summed E-state index contributed by atoms with van der Waals surface area (Å²) in [6, 6.07) is 7.07. The molecule has 0 aliphatic carbocycles. The van der Waals surface area contributed by atoms with Crippen LogP contribution in [0.15, 0.2) is 24.3 Å². The molecule has 1 aliphatic heterocycles. The number of amides is 3. The molecule has 3 N–H and O–H groups in total. The third-order valence-corrected chi connectivity index (χ3v) is 3.73. The van der Waals surface area contributed by atoms with Gasteiger partial charge >= 0.3 is 0 Å². The van der Waals surface area contributed by atoms with E-state index in [-0.39, 0.29) is 18.2 Å². The number of benzene rings is 1. The van der Waals surface area contributed by atoms with Crippen LogP contribution in [0.4, 0.5) is 11.4 Å². The summed E-state index contributed by atoms with van der Waals surface area (Å²) >= 11 is 0. The van der Waals surface area contributed by atoms with Gasteiger partial charge in [0.25, 0.3) is 0 Å². The Morgan fingerprint density at radius 2 is 2.18 bits per heavy atom. The van der Waals surface area contributed by atoms with E-state index in [2.05, 4.69) is 5.32 Å². The molecule has 1 aromatic rings. The van der Waals surface area contributed by atoms with Gasteiger partial charge in [-0.05, 0) is 24.6 Å². The van der Waals surface area contributed by atoms with E-state index >= 15 is 0 Å². The van der Waals surface area contributed by atoms with E-state index in [1.165, 1.54) is 4.90 Å². The number of hydrogen-bond donors (Lipinski definition) is 2. The van der Waals surface area contributed by atoms with Crippen LogP contribution in [0.3, 0.4) is 0 Å². The number of carbonyl (C=O) groups excluding carboxylic acids is 3. The molecule has 0 saturated carbocycles. The number of hydrogen-bond acceptors (Lipinski definition) is 3. The predicted molar refractivity (Wildman–Crippen MR) is 84.3 cm³/mol. The molecule has 2 rings (SSSR count). The number of rotatable bonds is 6. The Bertz CT molecular complexity index is 586. The summed E-state index contributed by atoms with van der Waals surface area (Å²) in [6.07, 6.45) is 2.43. The van der Waals surface area contributed by atoms with E-state index < -0.39 is 11.8 Å². The van der Waals surface area contributed by atoms with Crippen LogP contribution in [-0.4, -0.2) is 24.3 Å². The number of nitrogens with one attached hydrogen (secondary N) is 1. The molecule has 0 spiro atoms. The normalized spacial score (nSPS) is 17.6. The molecular weight excluding hydrogens is 282 g/mol. The fraction of sp³-hybridized carbons (Fsp3) is 0.438. The second-order valence-electron chi connectivity index (χ2n) is 5.51. The van der Waals surface area contributed by atoms with Crippen LogP contribution in [-0.2, 0) is 14.4 Å². The van der Waals surface area contributed by atoms with Crippen molar-refractivity contribution in [2.45, 2.75) is 32.6 Å². The Labute approximate surface area is 129 Å². The van der Waals surface area contributed by atoms with Crippen LogP contribution in [0, 0.1) is 5.92 Å². The fourth-order valence-electron chi connectivity index (χ4n) is 2.46. The number of carbonyl (C=O) groups is 3. The van der Waals surface area contributed by atoms with Crippen molar-refractivity contribution in [2.24, 2.45) is 11.7 Å². The van der Waals surface area contributed by atoms with Crippen LogP contribution in [0.5, 0.6) is 0 Å². The molecule has 6 nitrogen and oxygen atoms in total. The molecule has 1 saturated heterocycles. The van der Waals surface area contributed by atoms with E-state index in [0.717, 1.165) is 12.8 Å². The van der Waals surface area contributed by atoms with Crippen molar-refractivity contribution in [1.82, 2.24) is 0 Å². The second-order valence-corrected chi connectivity index (χ2v) is 5.51. The van der Waals surface area contributed by atoms with Crippen LogP contribution < -0.4 is 16.0 Å². The number of anilines is 2. The summed E-state index contributed by atoms with van der Waals surface area (Å²) in [7, 11) is 0. The molecule has 1 unspecified atom stereocenters. The fourth-order valence-corrected chi connectivity index (χ4v) is 2.46. The quantitative estimate of drug-likeness (QED) is 0.837. The van der Waals surface area contributed by atoms with Crippen LogP contribution in [0.2, 0.25) is 0 Å². The monoisotopic (exact) mass is 303 g/mol. The maximum atomic E-state index is 12.0. The van der Waals surface area contributed by atoms with E-state index in [4.69, 9.17) is 5.73 Å². The largest absolute Gasteiger partial charge is 0.369 e. The summed E-state index contributed by atoms with van der Waals surface area (Å²) < 4.78 is 0. The zero-order valence-corrected chi connectivity index (χ0v) is 12.7. The van der Waals surface area contributed by atoms with Crippen molar-refractivity contribution >= 4 is 29.1 Å². The van der Waals surface area contributed by atoms with Crippen molar-refractivity contribution in [3.63, 3.8) is 0 Å². The lowest BCUT2D eigenvalue weighted by Crippen LogP contribution is -2.28. The van der Waals surface area contributed by atoms with Gasteiger partial charge in [0.05, 0.1) is 5.92 Å². The van der Waals surface area contributed by atoms with E-state index in [1.54, 1.807) is 24.3 Å². The SMILES string of the molecule is CCCCC(=O)Nc1cccc(N2CC(C(N)=O)CC2=O)c1. The van der Waals surface area contributed by atoms with Crippen LogP contribution >= 0.6 is 0 Å². The lowest BCUT2D eigenvalue weighted by molar-refractivity contribution is -0.123. The molecule has 1 heterocycles. The number of unbranched alkanes of at least 4 members (excludes halogenated alkanes) is 1. The van der Waals surface area contributed by atoms with Crippen LogP contribution in [0.1, 0.15) is 32.6 Å². The summed E-state index contributed by atoms with van der Waals surface area (Å²) in [4.78, 5) is 36.5. The summed E-state index contributed by atoms with van der Waals surface area (Å²) in [5.74, 6) is -1.07. The lowest BCUT2D eigenvalue weighted by Gasteiger charge is -2.17. The van der Waals surface area contributed by atoms with Crippen molar-refractivity contribution in [1.29, 1.82) is 0 Å². The summed E-state index contributed by atoms with van der Waals surface area (Å²) in [6.45, 7) is 2.32. The molecule has 3 amide bonds. The first-order valence-electron chi connectivity index (χ1n) is 7.51. The maximum absolute atomic E-state index is 12.0. The predicted octanol–water partition coefficient (Wildman–Crippen LogP) is 1.65. The van der Waals surface area contributed by atoms with Crippen molar-refractivity contribution in [3.8, 4) is 0 Å². The number of primary amides is 1. The lowest BCUT2D eigenvalue weighted by atomic mass is 10.1. The molecule has 1 fully saturated rings. The molecule has 0 bridgehead atoms. The smallest absolute Gasteiger partial charge is 0.227 e. The highest BCUT2D eigenvalue weighted by Gasteiger charge is 2.33.